The molecule has 7 nitrogen and oxygen atoms in total. The Labute approximate surface area is 139 Å². The van der Waals surface area contributed by atoms with Crippen LogP contribution in [0.2, 0.25) is 0 Å². The first kappa shape index (κ1) is 19.3. The molecule has 1 aliphatic heterocycles. The summed E-state index contributed by atoms with van der Waals surface area (Å²) in [5.41, 5.74) is 5.51. The van der Waals surface area contributed by atoms with Gasteiger partial charge in [0.15, 0.2) is 5.96 Å². The summed E-state index contributed by atoms with van der Waals surface area (Å²) >= 11 is 0. The minimum atomic E-state index is -0.472. The molecule has 1 heterocycles. The molecule has 0 aliphatic carbocycles. The van der Waals surface area contributed by atoms with Gasteiger partial charge in [0.05, 0.1) is 19.8 Å². The lowest BCUT2D eigenvalue weighted by molar-refractivity contribution is 0.0186. The molecular formula is C16H30N4O3. The Bertz CT molecular complexity index is 410. The highest BCUT2D eigenvalue weighted by Gasteiger charge is 2.26. The van der Waals surface area contributed by atoms with Gasteiger partial charge in [0.2, 0.25) is 0 Å². The van der Waals surface area contributed by atoms with Crippen LogP contribution in [0.4, 0.5) is 4.79 Å². The maximum absolute atomic E-state index is 12.0. The van der Waals surface area contributed by atoms with Gasteiger partial charge in [0, 0.05) is 26.2 Å². The lowest BCUT2D eigenvalue weighted by atomic mass is 10.2. The maximum atomic E-state index is 12.0. The number of guanidine groups is 1. The Morgan fingerprint density at radius 2 is 1.83 bits per heavy atom. The predicted molar refractivity (Wildman–Crippen MR) is 91.5 cm³/mol. The summed E-state index contributed by atoms with van der Waals surface area (Å²) in [6, 6.07) is 0. The number of hydrogen-bond donors (Lipinski definition) is 1. The van der Waals surface area contributed by atoms with E-state index >= 15 is 0 Å². The zero-order valence-corrected chi connectivity index (χ0v) is 14.6. The van der Waals surface area contributed by atoms with Gasteiger partial charge in [-0.05, 0) is 27.2 Å². The second kappa shape index (κ2) is 9.39. The third kappa shape index (κ3) is 7.88. The van der Waals surface area contributed by atoms with E-state index in [1.165, 1.54) is 0 Å². The highest BCUT2D eigenvalue weighted by atomic mass is 16.6. The van der Waals surface area contributed by atoms with Crippen molar-refractivity contribution in [1.29, 1.82) is 0 Å². The summed E-state index contributed by atoms with van der Waals surface area (Å²) in [6.07, 6.45) is 2.39. The van der Waals surface area contributed by atoms with Crippen LogP contribution in [0.15, 0.2) is 17.6 Å². The number of nitrogens with two attached hydrogens (primary N) is 1. The maximum Gasteiger partial charge on any atom is 0.410 e. The lowest BCUT2D eigenvalue weighted by Crippen LogP contribution is -2.53. The van der Waals surface area contributed by atoms with Gasteiger partial charge in [0.1, 0.15) is 5.60 Å². The van der Waals surface area contributed by atoms with Crippen LogP contribution in [0.1, 0.15) is 27.2 Å². The Balaban J connectivity index is 2.29. The molecule has 0 saturated carbocycles. The van der Waals surface area contributed by atoms with E-state index < -0.39 is 5.60 Å². The molecule has 1 aliphatic rings. The number of rotatable bonds is 6. The summed E-state index contributed by atoms with van der Waals surface area (Å²) in [4.78, 5) is 20.0. The van der Waals surface area contributed by atoms with Gasteiger partial charge in [0.25, 0.3) is 0 Å². The summed E-state index contributed by atoms with van der Waals surface area (Å²) in [6.45, 7) is 13.5. The average Bonchev–Trinajstić information content (AvgIpc) is 2.49. The van der Waals surface area contributed by atoms with Gasteiger partial charge in [-0.15, -0.1) is 6.58 Å². The molecule has 0 atom stereocenters. The fraction of sp³-hybridized carbons (Fsp3) is 0.750. The third-order valence-electron chi connectivity index (χ3n) is 3.23. The van der Waals surface area contributed by atoms with Crippen molar-refractivity contribution in [2.24, 2.45) is 10.7 Å². The normalized spacial score (nSPS) is 16.4. The van der Waals surface area contributed by atoms with E-state index in [-0.39, 0.29) is 6.09 Å². The van der Waals surface area contributed by atoms with Gasteiger partial charge in [-0.1, -0.05) is 6.08 Å². The molecule has 0 aromatic carbocycles. The molecule has 1 fully saturated rings. The molecule has 1 rings (SSSR count). The number of aliphatic imine (C=N–C) groups is 1. The molecule has 1 saturated heterocycles. The fourth-order valence-corrected chi connectivity index (χ4v) is 2.04. The molecule has 0 unspecified atom stereocenters. The number of carbonyl (C=O) groups excluding carboxylic acids is 1. The van der Waals surface area contributed by atoms with Crippen LogP contribution in [0.25, 0.3) is 0 Å². The third-order valence-corrected chi connectivity index (χ3v) is 3.23. The quantitative estimate of drug-likeness (QED) is 0.346. The van der Waals surface area contributed by atoms with Crippen LogP contribution in [-0.4, -0.2) is 73.4 Å². The van der Waals surface area contributed by atoms with Crippen molar-refractivity contribution in [2.75, 3.05) is 45.9 Å². The number of piperazine rings is 1. The van der Waals surface area contributed by atoms with Crippen LogP contribution in [-0.2, 0) is 9.47 Å². The molecule has 1 amide bonds. The minimum absolute atomic E-state index is 0.275. The SMILES string of the molecule is C=CCCOCCN=C(N)N1CCN(C(=O)OC(C)(C)C)CC1. The van der Waals surface area contributed by atoms with E-state index in [1.807, 2.05) is 31.7 Å². The molecule has 0 radical (unpaired) electrons. The summed E-state index contributed by atoms with van der Waals surface area (Å²) < 4.78 is 10.8. The summed E-state index contributed by atoms with van der Waals surface area (Å²) in [5, 5.41) is 0. The Morgan fingerprint density at radius 1 is 1.22 bits per heavy atom. The van der Waals surface area contributed by atoms with Crippen molar-refractivity contribution in [2.45, 2.75) is 32.8 Å². The molecule has 0 aromatic heterocycles. The minimum Gasteiger partial charge on any atom is -0.444 e. The zero-order valence-electron chi connectivity index (χ0n) is 14.6. The topological polar surface area (TPSA) is 80.4 Å². The fourth-order valence-electron chi connectivity index (χ4n) is 2.04. The van der Waals surface area contributed by atoms with E-state index in [1.54, 1.807) is 4.90 Å². The predicted octanol–water partition coefficient (Wildman–Crippen LogP) is 1.45. The molecule has 0 aromatic rings. The van der Waals surface area contributed by atoms with Crippen molar-refractivity contribution in [3.8, 4) is 0 Å². The monoisotopic (exact) mass is 326 g/mol. The van der Waals surface area contributed by atoms with E-state index in [0.29, 0.717) is 51.9 Å². The van der Waals surface area contributed by atoms with E-state index in [0.717, 1.165) is 6.42 Å². The Morgan fingerprint density at radius 3 is 2.39 bits per heavy atom. The molecule has 23 heavy (non-hydrogen) atoms. The molecule has 7 heteroatoms. The summed E-state index contributed by atoms with van der Waals surface area (Å²) in [7, 11) is 0. The molecule has 2 N–H and O–H groups in total. The largest absolute Gasteiger partial charge is 0.444 e. The number of amides is 1. The van der Waals surface area contributed by atoms with Crippen LogP contribution >= 0.6 is 0 Å². The first-order valence-electron chi connectivity index (χ1n) is 8.05. The van der Waals surface area contributed by atoms with Crippen LogP contribution < -0.4 is 5.73 Å². The molecule has 132 valence electrons. The number of carbonyl (C=O) groups is 1. The zero-order chi connectivity index (χ0) is 17.3. The highest BCUT2D eigenvalue weighted by Crippen LogP contribution is 2.11. The standard InChI is InChI=1S/C16H30N4O3/c1-5-6-12-22-13-7-18-14(17)19-8-10-20(11-9-19)15(21)23-16(2,3)4/h5H,1,6-13H2,2-4H3,(H2,17,18). The Kier molecular flexibility index (Phi) is 7.88. The van der Waals surface area contributed by atoms with Gasteiger partial charge in [-0.3, -0.25) is 4.99 Å². The lowest BCUT2D eigenvalue weighted by Gasteiger charge is -2.36. The van der Waals surface area contributed by atoms with E-state index in [2.05, 4.69) is 11.6 Å². The second-order valence-electron chi connectivity index (χ2n) is 6.38. The summed E-state index contributed by atoms with van der Waals surface area (Å²) in [5.74, 6) is 0.501. The van der Waals surface area contributed by atoms with Crippen LogP contribution in [0.3, 0.4) is 0 Å². The van der Waals surface area contributed by atoms with Crippen molar-refractivity contribution < 1.29 is 14.3 Å². The van der Waals surface area contributed by atoms with E-state index in [4.69, 9.17) is 15.2 Å². The van der Waals surface area contributed by atoms with Gasteiger partial charge in [-0.2, -0.15) is 0 Å². The first-order chi connectivity index (χ1) is 10.8. The van der Waals surface area contributed by atoms with Crippen LogP contribution in [0.5, 0.6) is 0 Å². The molecule has 0 bridgehead atoms. The molecule has 0 spiro atoms. The molecular weight excluding hydrogens is 296 g/mol. The van der Waals surface area contributed by atoms with Gasteiger partial charge >= 0.3 is 6.09 Å². The smallest absolute Gasteiger partial charge is 0.410 e. The number of nitrogens with zero attached hydrogens (tertiary/aromatic N) is 3. The number of hydrogen-bond acceptors (Lipinski definition) is 4. The van der Waals surface area contributed by atoms with Crippen molar-refractivity contribution in [3.05, 3.63) is 12.7 Å². The van der Waals surface area contributed by atoms with Crippen molar-refractivity contribution in [3.63, 3.8) is 0 Å². The average molecular weight is 326 g/mol. The van der Waals surface area contributed by atoms with Crippen molar-refractivity contribution >= 4 is 12.1 Å². The highest BCUT2D eigenvalue weighted by molar-refractivity contribution is 5.78. The van der Waals surface area contributed by atoms with Crippen molar-refractivity contribution in [1.82, 2.24) is 9.80 Å². The first-order valence-corrected chi connectivity index (χ1v) is 8.05. The van der Waals surface area contributed by atoms with Crippen LogP contribution in [0, 0.1) is 0 Å². The van der Waals surface area contributed by atoms with E-state index in [9.17, 15) is 4.79 Å². The second-order valence-corrected chi connectivity index (χ2v) is 6.38. The number of ether oxygens (including phenoxy) is 2. The van der Waals surface area contributed by atoms with Gasteiger partial charge in [-0.25, -0.2) is 4.79 Å². The Hall–Kier alpha value is -1.76. The van der Waals surface area contributed by atoms with Gasteiger partial charge < -0.3 is 25.0 Å².